The van der Waals surface area contributed by atoms with Crippen molar-refractivity contribution in [3.05, 3.63) is 24.3 Å². The summed E-state index contributed by atoms with van der Waals surface area (Å²) >= 11 is 0. The van der Waals surface area contributed by atoms with E-state index >= 15 is 0 Å². The topological polar surface area (TPSA) is 59.0 Å². The molecule has 2 aliphatic rings. The lowest BCUT2D eigenvalue weighted by molar-refractivity contribution is -0.153. The summed E-state index contributed by atoms with van der Waals surface area (Å²) in [6.45, 7) is 1.93. The minimum atomic E-state index is -4.39. The zero-order chi connectivity index (χ0) is 20.4. The number of carbonyl (C=O) groups excluding carboxylic acids is 1. The molecule has 0 radical (unpaired) electrons. The van der Waals surface area contributed by atoms with Gasteiger partial charge in [0.15, 0.2) is 6.61 Å². The predicted octanol–water partition coefficient (Wildman–Crippen LogP) is 3.69. The molecule has 0 bridgehead atoms. The van der Waals surface area contributed by atoms with E-state index in [2.05, 4.69) is 0 Å². The molecule has 1 saturated carbocycles. The van der Waals surface area contributed by atoms with Gasteiger partial charge in [0.05, 0.1) is 17.6 Å². The van der Waals surface area contributed by atoms with E-state index in [1.54, 1.807) is 17.0 Å². The van der Waals surface area contributed by atoms with Crippen LogP contribution in [-0.4, -0.2) is 49.2 Å². The van der Waals surface area contributed by atoms with Crippen molar-refractivity contribution in [3.8, 4) is 5.75 Å². The number of rotatable bonds is 6. The number of hydrogen-bond acceptors (Lipinski definition) is 4. The fraction of sp³-hybridized carbons (Fsp3) is 0.650. The van der Waals surface area contributed by atoms with E-state index in [9.17, 15) is 23.1 Å². The Morgan fingerprint density at radius 3 is 2.32 bits per heavy atom. The molecule has 1 spiro atoms. The van der Waals surface area contributed by atoms with Crippen LogP contribution in [0.1, 0.15) is 39.0 Å². The number of alkyl halides is 3. The summed E-state index contributed by atoms with van der Waals surface area (Å²) in [6, 6.07) is 6.11. The van der Waals surface area contributed by atoms with E-state index in [1.165, 1.54) is 12.1 Å². The van der Waals surface area contributed by atoms with Gasteiger partial charge in [-0.2, -0.15) is 13.2 Å². The molecule has 0 atom stereocenters. The van der Waals surface area contributed by atoms with Gasteiger partial charge in [-0.15, -0.1) is 0 Å². The molecule has 1 N–H and O–H groups in total. The molecule has 1 aromatic carbocycles. The second kappa shape index (κ2) is 7.91. The Labute approximate surface area is 162 Å². The van der Waals surface area contributed by atoms with Crippen molar-refractivity contribution in [2.45, 2.75) is 50.8 Å². The van der Waals surface area contributed by atoms with Gasteiger partial charge >= 0.3 is 6.18 Å². The van der Waals surface area contributed by atoms with Crippen LogP contribution in [0.15, 0.2) is 24.3 Å². The monoisotopic (exact) mass is 401 g/mol. The Kier molecular flexibility index (Phi) is 5.91. The first-order chi connectivity index (χ1) is 13.2. The zero-order valence-corrected chi connectivity index (χ0v) is 15.9. The quantitative estimate of drug-likeness (QED) is 0.790. The molecule has 0 unspecified atom stereocenters. The second-order valence-corrected chi connectivity index (χ2v) is 7.75. The first-order valence-electron chi connectivity index (χ1n) is 9.58. The number of anilines is 1. The fourth-order valence-corrected chi connectivity index (χ4v) is 4.05. The Morgan fingerprint density at radius 2 is 1.75 bits per heavy atom. The second-order valence-electron chi connectivity index (χ2n) is 7.75. The van der Waals surface area contributed by atoms with E-state index in [0.717, 1.165) is 0 Å². The van der Waals surface area contributed by atoms with E-state index in [0.29, 0.717) is 50.9 Å². The van der Waals surface area contributed by atoms with Crippen molar-refractivity contribution >= 4 is 11.6 Å². The number of halogens is 3. The summed E-state index contributed by atoms with van der Waals surface area (Å²) in [5.74, 6) is 0.135. The lowest BCUT2D eigenvalue weighted by Crippen LogP contribution is -2.45. The molecular formula is C20H26F3NO4. The normalized spacial score (nSPS) is 28.2. The lowest BCUT2D eigenvalue weighted by Gasteiger charge is -2.40. The van der Waals surface area contributed by atoms with Crippen LogP contribution >= 0.6 is 0 Å². The molecule has 2 fully saturated rings. The molecule has 3 rings (SSSR count). The summed E-state index contributed by atoms with van der Waals surface area (Å²) in [4.78, 5) is 14.8. The minimum Gasteiger partial charge on any atom is -0.484 e. The molecule has 1 aliphatic carbocycles. The molecule has 1 aromatic rings. The summed E-state index contributed by atoms with van der Waals surface area (Å²) in [6.07, 6.45) is -1.41. The van der Waals surface area contributed by atoms with E-state index in [4.69, 9.17) is 9.47 Å². The smallest absolute Gasteiger partial charge is 0.422 e. The van der Waals surface area contributed by atoms with Crippen LogP contribution in [0.2, 0.25) is 0 Å². The SMILES string of the molecule is CCOC[C@]1(O)CC[C@]2(CCN(c3ccc(OCC(F)(F)F)cc3)C2=O)CC1. The van der Waals surface area contributed by atoms with Crippen LogP contribution in [0.25, 0.3) is 0 Å². The van der Waals surface area contributed by atoms with Crippen LogP contribution < -0.4 is 9.64 Å². The molecule has 8 heteroatoms. The number of carbonyl (C=O) groups is 1. The highest BCUT2D eigenvalue weighted by Crippen LogP contribution is 2.48. The Hall–Kier alpha value is -1.80. The lowest BCUT2D eigenvalue weighted by atomic mass is 9.68. The third kappa shape index (κ3) is 4.60. The summed E-state index contributed by atoms with van der Waals surface area (Å²) in [7, 11) is 0. The molecule has 5 nitrogen and oxygen atoms in total. The molecule has 1 amide bonds. The Bertz CT molecular complexity index is 682. The average molecular weight is 401 g/mol. The van der Waals surface area contributed by atoms with Gasteiger partial charge in [0.1, 0.15) is 5.75 Å². The van der Waals surface area contributed by atoms with Crippen molar-refractivity contribution in [1.29, 1.82) is 0 Å². The highest BCUT2D eigenvalue weighted by Gasteiger charge is 2.51. The number of benzene rings is 1. The fourth-order valence-electron chi connectivity index (χ4n) is 4.05. The Morgan fingerprint density at radius 1 is 1.11 bits per heavy atom. The van der Waals surface area contributed by atoms with Crippen molar-refractivity contribution in [3.63, 3.8) is 0 Å². The molecule has 1 aliphatic heterocycles. The minimum absolute atomic E-state index is 0.0231. The highest BCUT2D eigenvalue weighted by molar-refractivity contribution is 6.00. The van der Waals surface area contributed by atoms with Gasteiger partial charge in [-0.3, -0.25) is 4.79 Å². The number of amides is 1. The number of nitrogens with zero attached hydrogens (tertiary/aromatic N) is 1. The van der Waals surface area contributed by atoms with Crippen LogP contribution in [0.3, 0.4) is 0 Å². The predicted molar refractivity (Wildman–Crippen MR) is 97.3 cm³/mol. The standard InChI is InChI=1S/C20H26F3NO4/c1-2-27-13-19(26)9-7-18(8-10-19)11-12-24(17(18)25)15-3-5-16(6-4-15)28-14-20(21,22)23/h3-6,26H,2,7-14H2,1H3/t18-,19+. The van der Waals surface area contributed by atoms with Crippen LogP contribution in [-0.2, 0) is 9.53 Å². The Balaban J connectivity index is 1.61. The van der Waals surface area contributed by atoms with Crippen molar-refractivity contribution in [1.82, 2.24) is 0 Å². The van der Waals surface area contributed by atoms with Crippen molar-refractivity contribution < 1.29 is 32.5 Å². The third-order valence-electron chi connectivity index (χ3n) is 5.78. The maximum Gasteiger partial charge on any atom is 0.422 e. The largest absolute Gasteiger partial charge is 0.484 e. The zero-order valence-electron chi connectivity index (χ0n) is 15.9. The van der Waals surface area contributed by atoms with Crippen LogP contribution in [0.4, 0.5) is 18.9 Å². The van der Waals surface area contributed by atoms with E-state index < -0.39 is 23.8 Å². The average Bonchev–Trinajstić information content (AvgIpc) is 2.98. The van der Waals surface area contributed by atoms with Crippen LogP contribution in [0.5, 0.6) is 5.75 Å². The van der Waals surface area contributed by atoms with Gasteiger partial charge in [-0.05, 0) is 63.3 Å². The summed E-state index contributed by atoms with van der Waals surface area (Å²) in [5, 5.41) is 10.6. The van der Waals surface area contributed by atoms with Gasteiger partial charge in [-0.25, -0.2) is 0 Å². The number of aliphatic hydroxyl groups is 1. The summed E-state index contributed by atoms with van der Waals surface area (Å²) in [5.41, 5.74) is -0.688. The molecular weight excluding hydrogens is 375 g/mol. The van der Waals surface area contributed by atoms with E-state index in [1.807, 2.05) is 6.92 Å². The van der Waals surface area contributed by atoms with Gasteiger partial charge in [0, 0.05) is 18.8 Å². The molecule has 28 heavy (non-hydrogen) atoms. The van der Waals surface area contributed by atoms with Gasteiger partial charge in [0.25, 0.3) is 0 Å². The number of ether oxygens (including phenoxy) is 2. The van der Waals surface area contributed by atoms with Crippen molar-refractivity contribution in [2.75, 3.05) is 31.3 Å². The maximum absolute atomic E-state index is 13.1. The molecule has 1 saturated heterocycles. The highest BCUT2D eigenvalue weighted by atomic mass is 19.4. The van der Waals surface area contributed by atoms with Gasteiger partial charge in [0.2, 0.25) is 5.91 Å². The molecule has 1 heterocycles. The number of hydrogen-bond donors (Lipinski definition) is 1. The molecule has 0 aromatic heterocycles. The first-order valence-corrected chi connectivity index (χ1v) is 9.58. The van der Waals surface area contributed by atoms with Crippen LogP contribution in [0, 0.1) is 5.41 Å². The van der Waals surface area contributed by atoms with Gasteiger partial charge < -0.3 is 19.5 Å². The maximum atomic E-state index is 13.1. The molecule has 156 valence electrons. The third-order valence-corrected chi connectivity index (χ3v) is 5.78. The van der Waals surface area contributed by atoms with Crippen molar-refractivity contribution in [2.24, 2.45) is 5.41 Å². The van der Waals surface area contributed by atoms with E-state index in [-0.39, 0.29) is 18.3 Å². The first kappa shape index (κ1) is 20.9. The summed E-state index contributed by atoms with van der Waals surface area (Å²) < 4.78 is 46.8. The van der Waals surface area contributed by atoms with Gasteiger partial charge in [-0.1, -0.05) is 0 Å².